The predicted octanol–water partition coefficient (Wildman–Crippen LogP) is 28.1. The number of ether oxygens (including phenoxy) is 3. The van der Waals surface area contributed by atoms with Crippen LogP contribution in [0.5, 0.6) is 17.2 Å². The van der Waals surface area contributed by atoms with Crippen LogP contribution in [0.2, 0.25) is 0 Å². The number of hydrogen-bond donors (Lipinski definition) is 3. The van der Waals surface area contributed by atoms with Crippen molar-refractivity contribution in [1.82, 2.24) is 0 Å². The van der Waals surface area contributed by atoms with E-state index in [1.54, 1.807) is 109 Å². The second kappa shape index (κ2) is 53.0. The van der Waals surface area contributed by atoms with E-state index in [1.807, 2.05) is 41.3 Å². The molecule has 0 spiro atoms. The molecule has 10 heteroatoms. The van der Waals surface area contributed by atoms with Gasteiger partial charge in [0.1, 0.15) is 34.5 Å². The van der Waals surface area contributed by atoms with E-state index in [0.717, 1.165) is 38.5 Å². The number of unbranched alkanes of at least 4 members (excludes halogenated alkanes) is 39. The summed E-state index contributed by atoms with van der Waals surface area (Å²) in [4.78, 5) is 43.1. The topological polar surface area (TPSA) is 143 Å². The molecule has 3 N–H and O–H groups in total. The fraction of sp³-hybridized carbons (Fsp3) is 0.516. The second-order valence-electron chi connectivity index (χ2n) is 28.6. The van der Waals surface area contributed by atoms with E-state index in [0.29, 0.717) is 87.5 Å². The molecule has 0 amide bonds. The molecule has 0 heterocycles. The largest absolute Gasteiger partial charge is 0.507 e. The van der Waals surface area contributed by atoms with Crippen molar-refractivity contribution in [2.75, 3.05) is 24.7 Å². The highest BCUT2D eigenvalue weighted by atomic mass is 16.5. The number of nitrogens with zero attached hydrogens (tertiary/aromatic N) is 1. The van der Waals surface area contributed by atoms with E-state index in [4.69, 9.17) is 14.2 Å². The molecule has 0 aromatic heterocycles. The quantitative estimate of drug-likeness (QED) is 0.0146. The van der Waals surface area contributed by atoms with Gasteiger partial charge in [-0.2, -0.15) is 0 Å². The van der Waals surface area contributed by atoms with Crippen LogP contribution in [0, 0.1) is 0 Å². The van der Waals surface area contributed by atoms with E-state index < -0.39 is 0 Å². The summed E-state index contributed by atoms with van der Waals surface area (Å²) in [6.07, 6.45) is 58.3. The lowest BCUT2D eigenvalue weighted by molar-refractivity contribution is 0.103. The minimum atomic E-state index is -0.383. The zero-order valence-electron chi connectivity index (χ0n) is 63.6. The van der Waals surface area contributed by atoms with Crippen LogP contribution in [0.25, 0.3) is 17.3 Å². The summed E-state index contributed by atoms with van der Waals surface area (Å²) in [7, 11) is 0. The Morgan fingerprint density at radius 2 is 0.408 bits per heavy atom. The van der Waals surface area contributed by atoms with Crippen molar-refractivity contribution in [2.45, 2.75) is 290 Å². The summed E-state index contributed by atoms with van der Waals surface area (Å²) in [6.45, 7) is 8.70. The van der Waals surface area contributed by atoms with Gasteiger partial charge in [0.05, 0.1) is 19.8 Å². The maximum Gasteiger partial charge on any atom is 0.189 e. The summed E-state index contributed by atoms with van der Waals surface area (Å²) < 4.78 is 18.1. The van der Waals surface area contributed by atoms with Crippen LogP contribution in [0.1, 0.15) is 338 Å². The molecule has 560 valence electrons. The first-order valence-corrected chi connectivity index (χ1v) is 40.7. The average molecular weight is 1410 g/mol. The normalized spacial score (nSPS) is 11.9. The molecule has 0 saturated heterocycles. The van der Waals surface area contributed by atoms with Crippen molar-refractivity contribution >= 4 is 51.7 Å². The van der Waals surface area contributed by atoms with Crippen LogP contribution in [-0.2, 0) is 0 Å². The zero-order valence-corrected chi connectivity index (χ0v) is 63.6. The Bertz CT molecular complexity index is 2960. The van der Waals surface area contributed by atoms with Crippen molar-refractivity contribution in [3.8, 4) is 17.2 Å². The summed E-state index contributed by atoms with van der Waals surface area (Å²) in [5.74, 6) is 0.517. The highest BCUT2D eigenvalue weighted by Gasteiger charge is 2.18. The first-order chi connectivity index (χ1) is 50.6. The Balaban J connectivity index is 1.02. The van der Waals surface area contributed by atoms with Crippen LogP contribution in [0.3, 0.4) is 0 Å². The van der Waals surface area contributed by atoms with E-state index in [9.17, 15) is 29.7 Å². The van der Waals surface area contributed by atoms with Crippen LogP contribution < -0.4 is 19.1 Å². The number of benzene rings is 6. The molecule has 0 aliphatic heterocycles. The Hall–Kier alpha value is -7.85. The molecular weight excluding hydrogens is 1280 g/mol. The Morgan fingerprint density at radius 3 is 0.592 bits per heavy atom. The number of hydrogen-bond acceptors (Lipinski definition) is 10. The predicted molar refractivity (Wildman–Crippen MR) is 433 cm³/mol. The monoisotopic (exact) mass is 1400 g/mol. The molecule has 0 aliphatic carbocycles. The number of carbonyl (C=O) groups is 3. The van der Waals surface area contributed by atoms with Gasteiger partial charge in [-0.15, -0.1) is 0 Å². The standard InChI is InChI=1S/C93H129NO9/c1-4-7-10-13-16-19-22-25-28-31-34-37-40-43-70-101-85-64-52-79(53-65-85)91(98)73-88(95)76-46-58-82(59-47-76)94(83-60-48-77(49-61-83)89(96)74-92(99)80-54-66-86(67-55-80)102-71-44-41-38-35-32-29-26-23-20-17-14-11-8-5-2)84-62-50-78(51-63-84)90(97)75-93(100)81-56-68-87(69-57-81)103-72-45-42-39-36-33-30-27-24-21-18-15-12-9-6-3/h46-69,73-75,98-100H,4-45,70-72H2,1-3H3/b91-73-,92-74-,93-75+. The maximum atomic E-state index is 13.7. The molecule has 0 aliphatic rings. The molecule has 10 nitrogen and oxygen atoms in total. The fourth-order valence-electron chi connectivity index (χ4n) is 13.3. The van der Waals surface area contributed by atoms with E-state index in [-0.39, 0.29) is 34.6 Å². The third kappa shape index (κ3) is 35.0. The molecular formula is C93H129NO9. The van der Waals surface area contributed by atoms with E-state index in [2.05, 4.69) is 20.8 Å². The van der Waals surface area contributed by atoms with Crippen molar-refractivity contribution in [1.29, 1.82) is 0 Å². The lowest BCUT2D eigenvalue weighted by Crippen LogP contribution is -2.11. The molecule has 6 aromatic rings. The number of ketones is 3. The fourth-order valence-corrected chi connectivity index (χ4v) is 13.3. The number of anilines is 3. The maximum absolute atomic E-state index is 13.7. The number of rotatable bonds is 60. The van der Waals surface area contributed by atoms with Crippen molar-refractivity contribution in [3.63, 3.8) is 0 Å². The lowest BCUT2D eigenvalue weighted by Gasteiger charge is -2.26. The molecule has 0 radical (unpaired) electrons. The first-order valence-electron chi connectivity index (χ1n) is 40.7. The Labute approximate surface area is 621 Å². The third-order valence-corrected chi connectivity index (χ3v) is 19.8. The van der Waals surface area contributed by atoms with Crippen molar-refractivity contribution < 1.29 is 43.9 Å². The van der Waals surface area contributed by atoms with Crippen molar-refractivity contribution in [3.05, 3.63) is 197 Å². The average Bonchev–Trinajstić information content (AvgIpc) is 0.798. The van der Waals surface area contributed by atoms with Gasteiger partial charge in [0, 0.05) is 68.7 Å². The summed E-state index contributed by atoms with van der Waals surface area (Å²) in [6, 6.07) is 42.4. The third-order valence-electron chi connectivity index (χ3n) is 19.8. The molecule has 0 bridgehead atoms. The highest BCUT2D eigenvalue weighted by molar-refractivity contribution is 6.09. The van der Waals surface area contributed by atoms with Gasteiger partial charge in [-0.25, -0.2) is 0 Å². The molecule has 0 fully saturated rings. The van der Waals surface area contributed by atoms with E-state index in [1.165, 1.54) is 249 Å². The van der Waals surface area contributed by atoms with Gasteiger partial charge in [-0.3, -0.25) is 14.4 Å². The number of aliphatic hydroxyl groups is 3. The van der Waals surface area contributed by atoms with Crippen LogP contribution in [0.4, 0.5) is 17.1 Å². The number of carbonyl (C=O) groups excluding carboxylic acids is 3. The highest BCUT2D eigenvalue weighted by Crippen LogP contribution is 2.36. The lowest BCUT2D eigenvalue weighted by atomic mass is 10.0. The summed E-state index contributed by atoms with van der Waals surface area (Å²) >= 11 is 0. The molecule has 0 saturated carbocycles. The van der Waals surface area contributed by atoms with Gasteiger partial charge in [0.15, 0.2) is 17.3 Å². The second-order valence-corrected chi connectivity index (χ2v) is 28.6. The number of allylic oxidation sites excluding steroid dienone is 3. The number of aliphatic hydroxyl groups excluding tert-OH is 3. The zero-order chi connectivity index (χ0) is 73.0. The van der Waals surface area contributed by atoms with Gasteiger partial charge in [-0.1, -0.05) is 271 Å². The minimum absolute atomic E-state index is 0.161. The Kier molecular flexibility index (Phi) is 43.3. The van der Waals surface area contributed by atoms with Gasteiger partial charge < -0.3 is 34.4 Å². The minimum Gasteiger partial charge on any atom is -0.507 e. The molecule has 6 aromatic carbocycles. The van der Waals surface area contributed by atoms with Gasteiger partial charge >= 0.3 is 0 Å². The van der Waals surface area contributed by atoms with Gasteiger partial charge in [0.2, 0.25) is 0 Å². The van der Waals surface area contributed by atoms with Crippen molar-refractivity contribution in [2.24, 2.45) is 0 Å². The van der Waals surface area contributed by atoms with Gasteiger partial charge in [0.25, 0.3) is 0 Å². The Morgan fingerprint density at radius 1 is 0.243 bits per heavy atom. The molecule has 0 unspecified atom stereocenters. The smallest absolute Gasteiger partial charge is 0.189 e. The van der Waals surface area contributed by atoms with Crippen LogP contribution in [-0.4, -0.2) is 52.5 Å². The van der Waals surface area contributed by atoms with E-state index >= 15 is 0 Å². The summed E-state index contributed by atoms with van der Waals surface area (Å²) in [5.41, 5.74) is 4.55. The molecule has 0 atom stereocenters. The molecule has 103 heavy (non-hydrogen) atoms. The van der Waals surface area contributed by atoms with Gasteiger partial charge in [-0.05, 0) is 165 Å². The first kappa shape index (κ1) is 84.1. The van der Waals surface area contributed by atoms with Crippen LogP contribution in [0.15, 0.2) is 164 Å². The SMILES string of the molecule is CCCCCCCCCCCCCCCCOc1ccc(/C(O)=C/C(=O)c2ccc(N(c3ccc(C(=O)/C=C(\O)c4ccc(OCCCCCCCCCCCCCCCC)cc4)cc3)c3ccc(C(=O)/C=C(/O)c4ccc(OCCCCCCCCCCCCCCCC)cc4)cc3)cc2)cc1. The molecule has 6 rings (SSSR count). The summed E-state index contributed by atoms with van der Waals surface area (Å²) in [5, 5.41) is 33.4. The van der Waals surface area contributed by atoms with Crippen LogP contribution >= 0.6 is 0 Å².